The Morgan fingerprint density at radius 3 is 2.45 bits per heavy atom. The zero-order chi connectivity index (χ0) is 22.2. The third kappa shape index (κ3) is 5.79. The molecule has 0 radical (unpaired) electrons. The number of amides is 1. The normalized spacial score (nSPS) is 12.2. The van der Waals surface area contributed by atoms with E-state index < -0.39 is 0 Å². The van der Waals surface area contributed by atoms with Gasteiger partial charge in [-0.15, -0.1) is 0 Å². The van der Waals surface area contributed by atoms with Crippen LogP contribution in [0.4, 0.5) is 4.39 Å². The van der Waals surface area contributed by atoms with E-state index in [0.29, 0.717) is 17.0 Å². The lowest BCUT2D eigenvalue weighted by atomic mass is 10.1. The Balaban J connectivity index is 1.80. The summed E-state index contributed by atoms with van der Waals surface area (Å²) >= 11 is 0. The number of benzene rings is 2. The molecule has 2 N–H and O–H groups in total. The average Bonchev–Trinajstić information content (AvgIpc) is 3.23. The van der Waals surface area contributed by atoms with Crippen molar-refractivity contribution in [1.82, 2.24) is 15.1 Å². The number of para-hydroxylation sites is 1. The number of rotatable bonds is 10. The van der Waals surface area contributed by atoms with Gasteiger partial charge in [0.05, 0.1) is 31.0 Å². The molecule has 1 heterocycles. The van der Waals surface area contributed by atoms with Crippen LogP contribution in [0.1, 0.15) is 44.1 Å². The van der Waals surface area contributed by atoms with Crippen molar-refractivity contribution in [2.24, 2.45) is 0 Å². The summed E-state index contributed by atoms with van der Waals surface area (Å²) in [6.07, 6.45) is 1.96. The molecule has 1 atom stereocenters. The van der Waals surface area contributed by atoms with E-state index in [1.807, 2.05) is 37.3 Å². The second-order valence-corrected chi connectivity index (χ2v) is 7.87. The summed E-state index contributed by atoms with van der Waals surface area (Å²) in [5.74, 6) is -0.568. The van der Waals surface area contributed by atoms with Gasteiger partial charge in [0.1, 0.15) is 11.5 Å². The number of carbonyl (C=O) groups is 1. The lowest BCUT2D eigenvalue weighted by molar-refractivity contribution is -0.896. The van der Waals surface area contributed by atoms with Gasteiger partial charge in [0.2, 0.25) is 0 Å². The molecule has 0 saturated heterocycles. The fraction of sp³-hybridized carbons (Fsp3) is 0.360. The molecular formula is C25H32FN4O+. The van der Waals surface area contributed by atoms with E-state index in [9.17, 15) is 9.18 Å². The Hall–Kier alpha value is -2.99. The standard InChI is InChI=1S/C25H31FN4O/c1-4-29(5-2)17-11-12-19(3)27-25(31)24-18-23(21-15-9-10-16-22(21)26)28-30(24)20-13-7-6-8-14-20/h6-10,13-16,18-19H,4-5,11-12,17H2,1-3H3,(H,27,31)/p+1/t19-/m1/s1. The molecule has 3 rings (SSSR count). The topological polar surface area (TPSA) is 51.4 Å². The van der Waals surface area contributed by atoms with Crippen LogP contribution in [0.15, 0.2) is 60.7 Å². The first kappa shape index (κ1) is 22.7. The number of aromatic nitrogens is 2. The van der Waals surface area contributed by atoms with E-state index >= 15 is 0 Å². The first-order valence-electron chi connectivity index (χ1n) is 11.1. The molecule has 0 spiro atoms. The van der Waals surface area contributed by atoms with Crippen LogP contribution in [-0.4, -0.2) is 41.4 Å². The van der Waals surface area contributed by atoms with Gasteiger partial charge in [0.25, 0.3) is 5.91 Å². The van der Waals surface area contributed by atoms with Crippen LogP contribution < -0.4 is 10.2 Å². The highest BCUT2D eigenvalue weighted by molar-refractivity contribution is 5.94. The number of carbonyl (C=O) groups excluding carboxylic acids is 1. The van der Waals surface area contributed by atoms with Crippen molar-refractivity contribution in [3.05, 3.63) is 72.2 Å². The first-order valence-corrected chi connectivity index (χ1v) is 11.1. The number of nitrogens with one attached hydrogen (secondary N) is 2. The monoisotopic (exact) mass is 423 g/mol. The van der Waals surface area contributed by atoms with Gasteiger partial charge < -0.3 is 10.2 Å². The second-order valence-electron chi connectivity index (χ2n) is 7.87. The van der Waals surface area contributed by atoms with Crippen molar-refractivity contribution in [3.63, 3.8) is 0 Å². The molecule has 0 fully saturated rings. The van der Waals surface area contributed by atoms with Gasteiger partial charge in [-0.05, 0) is 63.9 Å². The Morgan fingerprint density at radius 1 is 1.10 bits per heavy atom. The smallest absolute Gasteiger partial charge is 0.270 e. The van der Waals surface area contributed by atoms with E-state index in [1.54, 1.807) is 33.8 Å². The van der Waals surface area contributed by atoms with Gasteiger partial charge in [-0.3, -0.25) is 4.79 Å². The molecule has 0 aliphatic carbocycles. The summed E-state index contributed by atoms with van der Waals surface area (Å²) in [5.41, 5.74) is 1.96. The predicted octanol–water partition coefficient (Wildman–Crippen LogP) is 3.50. The fourth-order valence-corrected chi connectivity index (χ4v) is 3.74. The molecule has 3 aromatic rings. The van der Waals surface area contributed by atoms with Crippen molar-refractivity contribution >= 4 is 5.91 Å². The number of nitrogens with zero attached hydrogens (tertiary/aromatic N) is 2. The van der Waals surface area contributed by atoms with Crippen LogP contribution in [-0.2, 0) is 0 Å². The number of hydrogen-bond acceptors (Lipinski definition) is 2. The summed E-state index contributed by atoms with van der Waals surface area (Å²) in [4.78, 5) is 14.7. The van der Waals surface area contributed by atoms with E-state index in [1.165, 1.54) is 6.07 Å². The van der Waals surface area contributed by atoms with Gasteiger partial charge in [-0.2, -0.15) is 5.10 Å². The minimum Gasteiger partial charge on any atom is -0.348 e. The molecule has 0 aliphatic heterocycles. The summed E-state index contributed by atoms with van der Waals surface area (Å²) < 4.78 is 15.9. The number of hydrogen-bond donors (Lipinski definition) is 2. The quantitative estimate of drug-likeness (QED) is 0.524. The lowest BCUT2D eigenvalue weighted by Gasteiger charge is -2.18. The van der Waals surface area contributed by atoms with E-state index in [0.717, 1.165) is 38.2 Å². The maximum atomic E-state index is 14.3. The van der Waals surface area contributed by atoms with Crippen LogP contribution in [0.3, 0.4) is 0 Å². The second kappa shape index (κ2) is 10.9. The molecule has 0 unspecified atom stereocenters. The third-order valence-electron chi connectivity index (χ3n) is 5.64. The van der Waals surface area contributed by atoms with Gasteiger partial charge >= 0.3 is 0 Å². The van der Waals surface area contributed by atoms with Crippen molar-refractivity contribution in [3.8, 4) is 16.9 Å². The molecule has 31 heavy (non-hydrogen) atoms. The van der Waals surface area contributed by atoms with Crippen LogP contribution in [0.25, 0.3) is 16.9 Å². The maximum absolute atomic E-state index is 14.3. The summed E-state index contributed by atoms with van der Waals surface area (Å²) in [6, 6.07) is 17.6. The highest BCUT2D eigenvalue weighted by Gasteiger charge is 2.20. The zero-order valence-electron chi connectivity index (χ0n) is 18.6. The molecular weight excluding hydrogens is 391 g/mol. The molecule has 1 aromatic heterocycles. The Bertz CT molecular complexity index is 982. The van der Waals surface area contributed by atoms with Crippen LogP contribution >= 0.6 is 0 Å². The SMILES string of the molecule is CC[NH+](CC)CCC[C@@H](C)NC(=O)c1cc(-c2ccccc2F)nn1-c1ccccc1. The van der Waals surface area contributed by atoms with Crippen molar-refractivity contribution in [1.29, 1.82) is 0 Å². The van der Waals surface area contributed by atoms with Gasteiger partial charge in [0.15, 0.2) is 0 Å². The Kier molecular flexibility index (Phi) is 7.95. The molecule has 0 saturated carbocycles. The minimum atomic E-state index is -0.362. The molecule has 6 heteroatoms. The van der Waals surface area contributed by atoms with Crippen molar-refractivity contribution in [2.75, 3.05) is 19.6 Å². The summed E-state index contributed by atoms with van der Waals surface area (Å²) in [7, 11) is 0. The molecule has 2 aromatic carbocycles. The third-order valence-corrected chi connectivity index (χ3v) is 5.64. The largest absolute Gasteiger partial charge is 0.348 e. The number of halogens is 1. The highest BCUT2D eigenvalue weighted by atomic mass is 19.1. The molecule has 1 amide bonds. The maximum Gasteiger partial charge on any atom is 0.270 e. The first-order chi connectivity index (χ1) is 15.0. The number of quaternary nitrogens is 1. The van der Waals surface area contributed by atoms with Gasteiger partial charge in [0, 0.05) is 11.6 Å². The molecule has 0 bridgehead atoms. The van der Waals surface area contributed by atoms with E-state index in [4.69, 9.17) is 0 Å². The van der Waals surface area contributed by atoms with Crippen molar-refractivity contribution in [2.45, 2.75) is 39.7 Å². The van der Waals surface area contributed by atoms with E-state index in [-0.39, 0.29) is 17.8 Å². The predicted molar refractivity (Wildman–Crippen MR) is 122 cm³/mol. The van der Waals surface area contributed by atoms with Crippen LogP contribution in [0.5, 0.6) is 0 Å². The van der Waals surface area contributed by atoms with Crippen molar-refractivity contribution < 1.29 is 14.1 Å². The van der Waals surface area contributed by atoms with E-state index in [2.05, 4.69) is 24.3 Å². The zero-order valence-corrected chi connectivity index (χ0v) is 18.6. The highest BCUT2D eigenvalue weighted by Crippen LogP contribution is 2.24. The summed E-state index contributed by atoms with van der Waals surface area (Å²) in [6.45, 7) is 9.76. The molecule has 5 nitrogen and oxygen atoms in total. The van der Waals surface area contributed by atoms with Crippen LogP contribution in [0, 0.1) is 5.82 Å². The Morgan fingerprint density at radius 2 is 1.77 bits per heavy atom. The summed E-state index contributed by atoms with van der Waals surface area (Å²) in [5, 5.41) is 7.65. The fourth-order valence-electron chi connectivity index (χ4n) is 3.74. The lowest BCUT2D eigenvalue weighted by Crippen LogP contribution is -3.11. The molecule has 164 valence electrons. The van der Waals surface area contributed by atoms with Gasteiger partial charge in [-0.25, -0.2) is 9.07 Å². The average molecular weight is 424 g/mol. The van der Waals surface area contributed by atoms with Crippen LogP contribution in [0.2, 0.25) is 0 Å². The minimum absolute atomic E-state index is 0.0403. The molecule has 0 aliphatic rings. The van der Waals surface area contributed by atoms with Gasteiger partial charge in [-0.1, -0.05) is 30.3 Å². The Labute approximate surface area is 183 Å².